The third kappa shape index (κ3) is 19.6. The number of nitrogens with one attached hydrogen (secondary N) is 1. The first-order valence-electron chi connectivity index (χ1n) is 46.5. The van der Waals surface area contributed by atoms with Crippen LogP contribution >= 0.6 is 86.3 Å². The second-order valence-corrected chi connectivity index (χ2v) is 40.3. The summed E-state index contributed by atoms with van der Waals surface area (Å²) in [6.45, 7) is 8.25. The number of rotatable bonds is 14. The molecule has 0 spiro atoms. The molecular weight excluding hydrogens is 2090 g/mol. The van der Waals surface area contributed by atoms with Gasteiger partial charge in [0.2, 0.25) is 0 Å². The lowest BCUT2D eigenvalue weighted by atomic mass is 9.78. The third-order valence-corrected chi connectivity index (χ3v) is 29.0. The van der Waals surface area contributed by atoms with E-state index in [1.54, 1.807) is 0 Å². The first-order valence-corrected chi connectivity index (χ1v) is 50.8. The van der Waals surface area contributed by atoms with Crippen molar-refractivity contribution < 1.29 is 22.6 Å². The highest BCUT2D eigenvalue weighted by Gasteiger charge is 2.52. The first kappa shape index (κ1) is 92.2. The van der Waals surface area contributed by atoms with Gasteiger partial charge in [-0.1, -0.05) is 379 Å². The first-order chi connectivity index (χ1) is 68.4. The number of para-hydroxylation sites is 9. The van der Waals surface area contributed by atoms with Crippen LogP contribution in [0, 0.1) is 3.57 Å². The maximum Gasteiger partial charge on any atom is 0.498 e. The van der Waals surface area contributed by atoms with Gasteiger partial charge < -0.3 is 37.7 Å². The van der Waals surface area contributed by atoms with Gasteiger partial charge in [0, 0.05) is 116 Å². The van der Waals surface area contributed by atoms with Crippen LogP contribution < -0.4 is 20.6 Å². The summed E-state index contributed by atoms with van der Waals surface area (Å²) >= 11 is 16.6. The largest absolute Gasteiger partial charge is 0.498 e. The van der Waals surface area contributed by atoms with Crippen LogP contribution in [-0.4, -0.2) is 18.3 Å². The summed E-state index contributed by atoms with van der Waals surface area (Å²) in [5.41, 5.74) is 25.7. The summed E-state index contributed by atoms with van der Waals surface area (Å²) in [7, 11) is -0.408. The molecule has 0 saturated carbocycles. The van der Waals surface area contributed by atoms with E-state index >= 15 is 0 Å². The van der Waals surface area contributed by atoms with Crippen LogP contribution in [0.2, 0.25) is 0 Å². The Labute approximate surface area is 861 Å². The Morgan fingerprint density at radius 1 is 0.243 bits per heavy atom. The van der Waals surface area contributed by atoms with E-state index in [-0.39, 0.29) is 11.2 Å². The number of benzene rings is 21. The van der Waals surface area contributed by atoms with Crippen LogP contribution in [0.3, 0.4) is 0 Å². The number of hydrogen-bond acceptors (Lipinski definition) is 8. The van der Waals surface area contributed by atoms with Gasteiger partial charge in [-0.05, 0) is 285 Å². The molecule has 14 heteroatoms. The van der Waals surface area contributed by atoms with Crippen molar-refractivity contribution in [1.82, 2.24) is 0 Å². The monoisotopic (exact) mass is 2180 g/mol. The third-order valence-electron chi connectivity index (χ3n) is 26.0. The SMILES string of the molecule is Brc1ccc(-c2cccc(I)c2)c(Br)c1.Brc1ccc(-c2cccc(N(c3ccccc3)c3ccc4ccccc4c3)c2)c(Br)c1.CC1(C)OB(c2cccc3c2oc2ccccc23)OC1(C)C.c1ccc(N(c2cccc(-c3ccc(-c4cccc5c4oc4ccccc45)cc3-c3cccc4c3oc3ccccc34)c2)c2ccc3ccccc3c2)cc1.c1ccc(Nc2ccc3ccccc3c2)cc1. The summed E-state index contributed by atoms with van der Waals surface area (Å²) in [6.07, 6.45) is 0. The van der Waals surface area contributed by atoms with E-state index in [1.807, 2.05) is 72.8 Å². The predicted molar refractivity (Wildman–Crippen MR) is 612 cm³/mol. The van der Waals surface area contributed by atoms with E-state index in [1.165, 1.54) is 52.6 Å². The normalized spacial score (nSPS) is 12.5. The molecule has 8 nitrogen and oxygen atoms in total. The van der Waals surface area contributed by atoms with E-state index in [0.717, 1.165) is 174 Å². The van der Waals surface area contributed by atoms with Crippen LogP contribution in [0.15, 0.2) is 504 Å². The van der Waals surface area contributed by atoms with Crippen LogP contribution in [0.5, 0.6) is 0 Å². The maximum absolute atomic E-state index is 6.67. The number of furan rings is 3. The Kier molecular flexibility index (Phi) is 26.8. The molecule has 0 atom stereocenters. The molecule has 1 aliphatic heterocycles. The number of nitrogens with zero attached hydrogens (tertiary/aromatic N) is 2. The number of anilines is 8. The van der Waals surface area contributed by atoms with Gasteiger partial charge in [0.15, 0.2) is 0 Å². The number of halogens is 5. The molecule has 3 aromatic heterocycles. The van der Waals surface area contributed by atoms with Gasteiger partial charge in [-0.3, -0.25) is 0 Å². The van der Waals surface area contributed by atoms with Gasteiger partial charge in [-0.15, -0.1) is 0 Å². The lowest BCUT2D eigenvalue weighted by Gasteiger charge is -2.32. The van der Waals surface area contributed by atoms with E-state index in [9.17, 15) is 0 Å². The smallest absolute Gasteiger partial charge is 0.456 e. The van der Waals surface area contributed by atoms with Crippen molar-refractivity contribution in [2.45, 2.75) is 38.9 Å². The fourth-order valence-corrected chi connectivity index (χ4v) is 21.5. The molecule has 1 aliphatic rings. The molecule has 1 N–H and O–H groups in total. The van der Waals surface area contributed by atoms with Gasteiger partial charge in [-0.25, -0.2) is 0 Å². The lowest BCUT2D eigenvalue weighted by molar-refractivity contribution is 0.00578. The lowest BCUT2D eigenvalue weighted by Crippen LogP contribution is -2.41. The highest BCUT2D eigenvalue weighted by atomic mass is 127. The van der Waals surface area contributed by atoms with Gasteiger partial charge in [0.05, 0.1) is 11.2 Å². The molecular formula is C126H91BBr4IN3O5. The topological polar surface area (TPSA) is 76.4 Å². The fourth-order valence-electron chi connectivity index (χ4n) is 18.4. The summed E-state index contributed by atoms with van der Waals surface area (Å²) < 4.78 is 37.2. The van der Waals surface area contributed by atoms with Crippen LogP contribution in [0.4, 0.5) is 45.5 Å². The van der Waals surface area contributed by atoms with E-state index in [4.69, 9.17) is 22.6 Å². The Morgan fingerprint density at radius 3 is 1.11 bits per heavy atom. The zero-order chi connectivity index (χ0) is 95.4. The molecule has 4 heterocycles. The average molecular weight is 2180 g/mol. The number of hydrogen-bond donors (Lipinski definition) is 1. The van der Waals surface area contributed by atoms with Crippen molar-refractivity contribution in [2.24, 2.45) is 0 Å². The minimum Gasteiger partial charge on any atom is -0.456 e. The summed E-state index contributed by atoms with van der Waals surface area (Å²) in [5, 5.41) is 17.5. The van der Waals surface area contributed by atoms with Gasteiger partial charge in [-0.2, -0.15) is 0 Å². The van der Waals surface area contributed by atoms with Crippen LogP contribution in [0.1, 0.15) is 27.7 Å². The summed E-state index contributed by atoms with van der Waals surface area (Å²) in [6, 6.07) is 166. The minimum absolute atomic E-state index is 0.355. The molecule has 0 bridgehead atoms. The van der Waals surface area contributed by atoms with E-state index in [0.29, 0.717) is 0 Å². The van der Waals surface area contributed by atoms with Crippen molar-refractivity contribution >= 4 is 243 Å². The second kappa shape index (κ2) is 40.7. The highest BCUT2D eigenvalue weighted by Crippen LogP contribution is 2.48. The molecule has 0 radical (unpaired) electrons. The minimum atomic E-state index is -0.408. The Bertz CT molecular complexity index is 8670. The predicted octanol–water partition coefficient (Wildman–Crippen LogP) is 38.6. The Hall–Kier alpha value is -14.2. The molecule has 0 amide bonds. The van der Waals surface area contributed by atoms with Crippen LogP contribution in [-0.2, 0) is 9.31 Å². The molecule has 24 aromatic rings. The highest BCUT2D eigenvalue weighted by molar-refractivity contribution is 14.1. The molecule has 678 valence electrons. The van der Waals surface area contributed by atoms with E-state index < -0.39 is 7.12 Å². The quantitative estimate of drug-likeness (QED) is 0.0853. The Morgan fingerprint density at radius 2 is 0.607 bits per heavy atom. The van der Waals surface area contributed by atoms with Crippen molar-refractivity contribution in [3.63, 3.8) is 0 Å². The summed E-state index contributed by atoms with van der Waals surface area (Å²) in [4.78, 5) is 4.65. The molecule has 21 aromatic carbocycles. The van der Waals surface area contributed by atoms with Gasteiger partial charge in [0.25, 0.3) is 0 Å². The molecule has 25 rings (SSSR count). The summed E-state index contributed by atoms with van der Waals surface area (Å²) in [5.74, 6) is 0. The zero-order valence-electron chi connectivity index (χ0n) is 76.9. The van der Waals surface area contributed by atoms with Crippen molar-refractivity contribution in [2.75, 3.05) is 15.1 Å². The Balaban J connectivity index is 0.000000115. The fraction of sp³-hybridized carbons (Fsp3) is 0.0476. The van der Waals surface area contributed by atoms with Crippen molar-refractivity contribution in [1.29, 1.82) is 0 Å². The molecule has 0 unspecified atom stereocenters. The molecule has 1 fully saturated rings. The van der Waals surface area contributed by atoms with E-state index in [2.05, 4.69) is 530 Å². The van der Waals surface area contributed by atoms with Crippen molar-refractivity contribution in [3.8, 4) is 55.6 Å². The number of fused-ring (bicyclic) bond motifs is 12. The van der Waals surface area contributed by atoms with Crippen molar-refractivity contribution in [3.05, 3.63) is 495 Å². The average Bonchev–Trinajstić information content (AvgIpc) is 1.03. The van der Waals surface area contributed by atoms with Gasteiger partial charge in [0.1, 0.15) is 33.5 Å². The van der Waals surface area contributed by atoms with Gasteiger partial charge >= 0.3 is 7.12 Å². The zero-order valence-corrected chi connectivity index (χ0v) is 85.4. The molecule has 140 heavy (non-hydrogen) atoms. The maximum atomic E-state index is 6.67. The standard InChI is InChI=1S/C52H33NO2.C28H19Br2N.C18H19BO3.C16H13N.C12H7Br2I/c1-2-16-38(17-3-1)53(40-29-27-34-13-4-5-14-35(34)31-40)39-18-10-15-36(32-39)41-30-28-37(42-21-11-22-45-43-19-6-8-25-49(43)54-51(42)45)33-48(41)47-24-12-23-46-44-20-7-9-26-50(44)55-52(46)47;29-23-14-16-27(28(30)19-23)22-9-6-12-25(18-22)31(24-10-2-1-3-11-24)26-15-13-20-7-4-5-8-21(20)17-26;1-17(2)18(3,4)22-19(21-17)14-10-7-9-13-12-8-5-6-11-15(12)20-16(13)14;1-2-8-15(9-3-1)17-16-11-10-13-6-4-5-7-14(13)12-16;13-9-4-5-11(12(14)7-9)8-2-1-3-10(15)6-8/h1-33H;1-19H;5-11H,1-4H3;1-12,17H;1-7H. The molecule has 1 saturated heterocycles. The molecule has 0 aliphatic carbocycles. The second-order valence-electron chi connectivity index (χ2n) is 35.5. The van der Waals surface area contributed by atoms with Crippen LogP contribution in [0.25, 0.3) is 154 Å².